The van der Waals surface area contributed by atoms with Crippen molar-refractivity contribution in [3.05, 3.63) is 93.5 Å². The van der Waals surface area contributed by atoms with Gasteiger partial charge in [0.1, 0.15) is 12.6 Å². The Morgan fingerprint density at radius 2 is 1.51 bits per heavy atom. The van der Waals surface area contributed by atoms with Gasteiger partial charge >= 0.3 is 0 Å². The Balaban J connectivity index is 2.10. The van der Waals surface area contributed by atoms with Gasteiger partial charge in [-0.15, -0.1) is 0 Å². The quantitative estimate of drug-likeness (QED) is 0.326. The lowest BCUT2D eigenvalue weighted by atomic mass is 10.1. The molecule has 0 aromatic heterocycles. The average Bonchev–Trinajstić information content (AvgIpc) is 2.88. The molecule has 0 unspecified atom stereocenters. The van der Waals surface area contributed by atoms with Gasteiger partial charge in [-0.25, -0.2) is 8.42 Å². The molecule has 7 nitrogen and oxygen atoms in total. The molecule has 0 aliphatic carbocycles. The van der Waals surface area contributed by atoms with Crippen molar-refractivity contribution in [3.63, 3.8) is 0 Å². The van der Waals surface area contributed by atoms with Crippen molar-refractivity contribution >= 4 is 50.7 Å². The van der Waals surface area contributed by atoms with Crippen LogP contribution in [-0.2, 0) is 26.2 Å². The minimum atomic E-state index is -4.14. The molecule has 3 aromatic carbocycles. The van der Waals surface area contributed by atoms with Crippen molar-refractivity contribution in [2.75, 3.05) is 10.8 Å². The predicted molar refractivity (Wildman–Crippen MR) is 157 cm³/mol. The van der Waals surface area contributed by atoms with Crippen LogP contribution in [0.2, 0.25) is 10.0 Å². The summed E-state index contributed by atoms with van der Waals surface area (Å²) in [6.07, 6.45) is 0. The maximum absolute atomic E-state index is 14.0. The van der Waals surface area contributed by atoms with E-state index in [0.717, 1.165) is 9.87 Å². The maximum Gasteiger partial charge on any atom is 0.264 e. The number of halogens is 2. The molecule has 0 spiro atoms. The fourth-order valence-corrected chi connectivity index (χ4v) is 6.07. The third-order valence-corrected chi connectivity index (χ3v) is 8.71. The number of anilines is 1. The number of sulfonamides is 1. The predicted octanol–water partition coefficient (Wildman–Crippen LogP) is 5.75. The number of hydrogen-bond acceptors (Lipinski definition) is 4. The van der Waals surface area contributed by atoms with Crippen molar-refractivity contribution in [2.24, 2.45) is 0 Å². The normalized spacial score (nSPS) is 12.2. The Kier molecular flexibility index (Phi) is 10.0. The highest BCUT2D eigenvalue weighted by Gasteiger charge is 2.33. The second-order valence-corrected chi connectivity index (χ2v) is 12.4. The third-order valence-electron chi connectivity index (χ3n) is 6.23. The van der Waals surface area contributed by atoms with Crippen LogP contribution in [0.4, 0.5) is 5.69 Å². The number of nitrogens with one attached hydrogen (secondary N) is 1. The first-order chi connectivity index (χ1) is 18.3. The van der Waals surface area contributed by atoms with E-state index in [2.05, 4.69) is 5.32 Å². The molecule has 3 aromatic rings. The Labute approximate surface area is 240 Å². The number of hydrogen-bond donors (Lipinski definition) is 1. The molecule has 39 heavy (non-hydrogen) atoms. The van der Waals surface area contributed by atoms with Crippen molar-refractivity contribution in [1.29, 1.82) is 0 Å². The molecule has 0 bridgehead atoms. The second kappa shape index (κ2) is 12.9. The highest BCUT2D eigenvalue weighted by molar-refractivity contribution is 7.92. The van der Waals surface area contributed by atoms with E-state index >= 15 is 0 Å². The largest absolute Gasteiger partial charge is 0.352 e. The van der Waals surface area contributed by atoms with Gasteiger partial charge in [0.25, 0.3) is 10.0 Å². The molecular formula is C29H33Cl2N3O4S. The Morgan fingerprint density at radius 3 is 2.10 bits per heavy atom. The first-order valence-electron chi connectivity index (χ1n) is 12.5. The lowest BCUT2D eigenvalue weighted by molar-refractivity contribution is -0.139. The number of carbonyl (C=O) groups excluding carboxylic acids is 2. The molecule has 10 heteroatoms. The van der Waals surface area contributed by atoms with Crippen molar-refractivity contribution in [1.82, 2.24) is 10.2 Å². The summed E-state index contributed by atoms with van der Waals surface area (Å²) >= 11 is 12.8. The zero-order valence-corrected chi connectivity index (χ0v) is 24.9. The van der Waals surface area contributed by atoms with E-state index in [1.807, 2.05) is 32.9 Å². The van der Waals surface area contributed by atoms with Crippen molar-refractivity contribution in [2.45, 2.75) is 58.1 Å². The van der Waals surface area contributed by atoms with Gasteiger partial charge in [0.05, 0.1) is 10.6 Å². The molecule has 0 fully saturated rings. The van der Waals surface area contributed by atoms with Crippen molar-refractivity contribution < 1.29 is 18.0 Å². The number of carbonyl (C=O) groups is 2. The van der Waals surface area contributed by atoms with Crippen LogP contribution in [0.25, 0.3) is 0 Å². The third kappa shape index (κ3) is 7.32. The second-order valence-electron chi connectivity index (χ2n) is 9.68. The molecule has 1 atom stereocenters. The molecule has 0 saturated carbocycles. The molecule has 0 aliphatic heterocycles. The van der Waals surface area contributed by atoms with Crippen LogP contribution in [0.15, 0.2) is 71.6 Å². The number of aryl methyl sites for hydroxylation is 2. The van der Waals surface area contributed by atoms with Gasteiger partial charge in [-0.2, -0.15) is 0 Å². The molecule has 0 heterocycles. The van der Waals surface area contributed by atoms with Crippen LogP contribution in [0.5, 0.6) is 0 Å². The minimum absolute atomic E-state index is 0.0463. The number of benzene rings is 3. The van der Waals surface area contributed by atoms with E-state index in [9.17, 15) is 18.0 Å². The first kappa shape index (κ1) is 30.5. The Hall–Kier alpha value is -3.07. The van der Waals surface area contributed by atoms with Crippen LogP contribution in [0, 0.1) is 13.8 Å². The van der Waals surface area contributed by atoms with Crippen LogP contribution in [-0.4, -0.2) is 43.8 Å². The van der Waals surface area contributed by atoms with Gasteiger partial charge in [-0.05, 0) is 76.1 Å². The highest BCUT2D eigenvalue weighted by atomic mass is 35.5. The monoisotopic (exact) mass is 589 g/mol. The topological polar surface area (TPSA) is 86.8 Å². The Bertz CT molecular complexity index is 1430. The molecule has 3 rings (SSSR count). The van der Waals surface area contributed by atoms with E-state index in [0.29, 0.717) is 26.9 Å². The van der Waals surface area contributed by atoms with Crippen LogP contribution in [0.3, 0.4) is 0 Å². The van der Waals surface area contributed by atoms with E-state index in [1.165, 1.54) is 17.0 Å². The number of rotatable bonds is 10. The summed E-state index contributed by atoms with van der Waals surface area (Å²) in [6.45, 7) is 8.23. The van der Waals surface area contributed by atoms with Gasteiger partial charge < -0.3 is 10.2 Å². The summed E-state index contributed by atoms with van der Waals surface area (Å²) in [7, 11) is -4.14. The number of amides is 2. The smallest absolute Gasteiger partial charge is 0.264 e. The zero-order valence-electron chi connectivity index (χ0n) is 22.6. The van der Waals surface area contributed by atoms with E-state index in [4.69, 9.17) is 23.2 Å². The summed E-state index contributed by atoms with van der Waals surface area (Å²) in [6, 6.07) is 17.2. The molecular weight excluding hydrogens is 557 g/mol. The van der Waals surface area contributed by atoms with Crippen LogP contribution < -0.4 is 9.62 Å². The summed E-state index contributed by atoms with van der Waals surface area (Å²) in [5.74, 6) is -0.969. The van der Waals surface area contributed by atoms with E-state index in [-0.39, 0.29) is 23.4 Å². The zero-order chi connectivity index (χ0) is 28.9. The lowest BCUT2D eigenvalue weighted by Gasteiger charge is -2.33. The molecule has 208 valence electrons. The van der Waals surface area contributed by atoms with Gasteiger partial charge in [0.2, 0.25) is 11.8 Å². The van der Waals surface area contributed by atoms with Gasteiger partial charge in [0.15, 0.2) is 0 Å². The summed E-state index contributed by atoms with van der Waals surface area (Å²) in [5.41, 5.74) is 2.35. The minimum Gasteiger partial charge on any atom is -0.352 e. The Morgan fingerprint density at radius 1 is 0.897 bits per heavy atom. The van der Waals surface area contributed by atoms with E-state index in [1.54, 1.807) is 56.3 Å². The van der Waals surface area contributed by atoms with Crippen molar-refractivity contribution in [3.8, 4) is 0 Å². The fraction of sp³-hybridized carbons (Fsp3) is 0.310. The number of nitrogens with zero attached hydrogens (tertiary/aromatic N) is 2. The van der Waals surface area contributed by atoms with Gasteiger partial charge in [-0.3, -0.25) is 13.9 Å². The molecule has 0 saturated heterocycles. The summed E-state index contributed by atoms with van der Waals surface area (Å²) in [4.78, 5) is 28.4. The first-order valence-corrected chi connectivity index (χ1v) is 14.7. The van der Waals surface area contributed by atoms with Gasteiger partial charge in [-0.1, -0.05) is 59.6 Å². The standard InChI is InChI=1S/C29H33Cl2N3O4S/c1-19(2)32-29(36)22(5)33(17-24-25(30)12-9-13-26(24)31)28(35)18-34(27-16-20(3)14-15-21(27)4)39(37,38)23-10-7-6-8-11-23/h6-16,19,22H,17-18H2,1-5H3,(H,32,36)/t22-/m1/s1. The van der Waals surface area contributed by atoms with E-state index < -0.39 is 28.5 Å². The maximum atomic E-state index is 14.0. The SMILES string of the molecule is Cc1ccc(C)c(N(CC(=O)N(Cc2c(Cl)cccc2Cl)[C@H](C)C(=O)NC(C)C)S(=O)(=O)c2ccccc2)c1. The molecule has 0 radical (unpaired) electrons. The summed E-state index contributed by atoms with van der Waals surface area (Å²) < 4.78 is 28.9. The highest BCUT2D eigenvalue weighted by Crippen LogP contribution is 2.30. The van der Waals surface area contributed by atoms with Gasteiger partial charge in [0, 0.05) is 28.2 Å². The van der Waals surface area contributed by atoms with Crippen LogP contribution >= 0.6 is 23.2 Å². The fourth-order valence-electron chi connectivity index (χ4n) is 4.06. The lowest BCUT2D eigenvalue weighted by Crippen LogP contribution is -2.52. The molecule has 1 N–H and O–H groups in total. The molecule has 0 aliphatic rings. The average molecular weight is 591 g/mol. The van der Waals surface area contributed by atoms with Crippen LogP contribution in [0.1, 0.15) is 37.5 Å². The molecule has 2 amide bonds. The summed E-state index contributed by atoms with van der Waals surface area (Å²) in [5, 5.41) is 3.49.